The van der Waals surface area contributed by atoms with Gasteiger partial charge in [0.25, 0.3) is 5.69 Å². The monoisotopic (exact) mass is 384 g/mol. The predicted octanol–water partition coefficient (Wildman–Crippen LogP) is 2.34. The van der Waals surface area contributed by atoms with Gasteiger partial charge in [-0.2, -0.15) is 0 Å². The Morgan fingerprint density at radius 1 is 1.14 bits per heavy atom. The molecule has 1 atom stereocenters. The van der Waals surface area contributed by atoms with E-state index in [9.17, 15) is 19.7 Å². The van der Waals surface area contributed by atoms with E-state index >= 15 is 0 Å². The Balaban J connectivity index is 1.57. The van der Waals surface area contributed by atoms with E-state index < -0.39 is 11.0 Å². The number of primary amides is 1. The lowest BCUT2D eigenvalue weighted by atomic mass is 9.97. The summed E-state index contributed by atoms with van der Waals surface area (Å²) in [7, 11) is 0. The van der Waals surface area contributed by atoms with Gasteiger partial charge in [-0.05, 0) is 37.1 Å². The molecule has 2 heterocycles. The van der Waals surface area contributed by atoms with Gasteiger partial charge in [0, 0.05) is 30.9 Å². The summed E-state index contributed by atoms with van der Waals surface area (Å²) in [6, 6.07) is 8.51. The van der Waals surface area contributed by atoms with E-state index in [0.29, 0.717) is 23.7 Å². The fourth-order valence-corrected chi connectivity index (χ4v) is 3.02. The number of nitrogens with two attached hydrogens (primary N) is 1. The Morgan fingerprint density at radius 3 is 2.43 bits per heavy atom. The van der Waals surface area contributed by atoms with E-state index in [1.807, 2.05) is 4.90 Å². The lowest BCUT2D eigenvalue weighted by molar-refractivity contribution is -0.384. The van der Waals surface area contributed by atoms with Crippen molar-refractivity contribution in [1.29, 1.82) is 0 Å². The molecule has 0 unspecified atom stereocenters. The van der Waals surface area contributed by atoms with E-state index in [4.69, 9.17) is 5.73 Å². The van der Waals surface area contributed by atoms with Crippen molar-refractivity contribution in [1.82, 2.24) is 4.98 Å². The van der Waals surface area contributed by atoms with Crippen molar-refractivity contribution in [3.05, 3.63) is 52.7 Å². The van der Waals surface area contributed by atoms with E-state index in [2.05, 4.69) is 15.6 Å². The molecule has 1 saturated heterocycles. The highest BCUT2D eigenvalue weighted by atomic mass is 16.6. The van der Waals surface area contributed by atoms with Crippen LogP contribution in [0.3, 0.4) is 0 Å². The molecule has 28 heavy (non-hydrogen) atoms. The fraction of sp³-hybridized carbons (Fsp3) is 0.278. The molecular weight excluding hydrogens is 364 g/mol. The van der Waals surface area contributed by atoms with Gasteiger partial charge in [-0.15, -0.1) is 0 Å². The number of aromatic nitrogens is 1. The Morgan fingerprint density at radius 2 is 1.82 bits per heavy atom. The van der Waals surface area contributed by atoms with Crippen molar-refractivity contribution < 1.29 is 14.5 Å². The number of benzene rings is 1. The number of anilines is 3. The Kier molecular flexibility index (Phi) is 5.68. The topological polar surface area (TPSA) is 143 Å². The number of nitro benzene ring substituents is 1. The molecule has 1 fully saturated rings. The number of rotatable bonds is 5. The quantitative estimate of drug-likeness (QED) is 0.533. The minimum atomic E-state index is -0.509. The van der Waals surface area contributed by atoms with Gasteiger partial charge in [-0.25, -0.2) is 9.78 Å². The summed E-state index contributed by atoms with van der Waals surface area (Å²) in [4.78, 5) is 39.9. The number of hydrogen-bond donors (Lipinski definition) is 3. The van der Waals surface area contributed by atoms with Crippen LogP contribution in [0.15, 0.2) is 42.6 Å². The third-order valence-corrected chi connectivity index (χ3v) is 4.49. The number of hydrogen-bond acceptors (Lipinski definition) is 6. The zero-order valence-electron chi connectivity index (χ0n) is 15.0. The number of amides is 3. The van der Waals surface area contributed by atoms with Crippen LogP contribution in [0.2, 0.25) is 0 Å². The Labute approximate surface area is 160 Å². The minimum Gasteiger partial charge on any atom is -0.369 e. The van der Waals surface area contributed by atoms with Crippen LogP contribution in [0.5, 0.6) is 0 Å². The number of pyridine rings is 1. The lowest BCUT2D eigenvalue weighted by Gasteiger charge is -2.32. The van der Waals surface area contributed by atoms with Gasteiger partial charge >= 0.3 is 6.03 Å². The number of piperidine rings is 1. The summed E-state index contributed by atoms with van der Waals surface area (Å²) >= 11 is 0. The van der Waals surface area contributed by atoms with Crippen molar-refractivity contribution in [2.75, 3.05) is 28.6 Å². The standard InChI is InChI=1S/C18H20N6O4/c19-17(25)12-2-1-9-23(11-12)16-8-5-14(10-20-16)22-18(26)21-13-3-6-15(7-4-13)24(27)28/h3-8,10,12H,1-2,9,11H2,(H2,19,25)(H2,21,22,26)/t12-/m1/s1. The maximum Gasteiger partial charge on any atom is 0.323 e. The molecule has 1 aliphatic rings. The second-order valence-electron chi connectivity index (χ2n) is 6.48. The average molecular weight is 384 g/mol. The van der Waals surface area contributed by atoms with Crippen LogP contribution in [0.4, 0.5) is 27.7 Å². The van der Waals surface area contributed by atoms with Crippen LogP contribution in [-0.4, -0.2) is 34.9 Å². The molecule has 2 aromatic rings. The third-order valence-electron chi connectivity index (χ3n) is 4.49. The van der Waals surface area contributed by atoms with Crippen molar-refractivity contribution in [2.24, 2.45) is 11.7 Å². The number of carbonyl (C=O) groups excluding carboxylic acids is 2. The highest BCUT2D eigenvalue weighted by Crippen LogP contribution is 2.22. The highest BCUT2D eigenvalue weighted by molar-refractivity contribution is 5.99. The number of non-ortho nitro benzene ring substituents is 1. The van der Waals surface area contributed by atoms with Gasteiger partial charge < -0.3 is 21.3 Å². The minimum absolute atomic E-state index is 0.0537. The zero-order valence-corrected chi connectivity index (χ0v) is 15.0. The fourth-order valence-electron chi connectivity index (χ4n) is 3.02. The second-order valence-corrected chi connectivity index (χ2v) is 6.48. The van der Waals surface area contributed by atoms with Crippen LogP contribution in [0.25, 0.3) is 0 Å². The molecule has 0 bridgehead atoms. The number of nitrogens with zero attached hydrogens (tertiary/aromatic N) is 3. The van der Waals surface area contributed by atoms with E-state index in [0.717, 1.165) is 19.4 Å². The predicted molar refractivity (Wildman–Crippen MR) is 104 cm³/mol. The summed E-state index contributed by atoms with van der Waals surface area (Å²) in [6.45, 7) is 1.33. The SMILES string of the molecule is NC(=O)[C@@H]1CCCN(c2ccc(NC(=O)Nc3ccc([N+](=O)[O-])cc3)cn2)C1. The molecule has 0 spiro atoms. The van der Waals surface area contributed by atoms with Gasteiger partial charge in [-0.3, -0.25) is 14.9 Å². The first kappa shape index (κ1) is 19.1. The summed E-state index contributed by atoms with van der Waals surface area (Å²) in [6.07, 6.45) is 3.18. The zero-order chi connectivity index (χ0) is 20.1. The van der Waals surface area contributed by atoms with Crippen molar-refractivity contribution in [3.8, 4) is 0 Å². The Bertz CT molecular complexity index is 869. The van der Waals surface area contributed by atoms with Gasteiger partial charge in [0.05, 0.1) is 22.7 Å². The van der Waals surface area contributed by atoms with E-state index in [-0.39, 0.29) is 17.5 Å². The molecular formula is C18H20N6O4. The van der Waals surface area contributed by atoms with Crippen LogP contribution < -0.4 is 21.3 Å². The maximum atomic E-state index is 12.1. The van der Waals surface area contributed by atoms with Gasteiger partial charge in [0.15, 0.2) is 0 Å². The van der Waals surface area contributed by atoms with E-state index in [1.54, 1.807) is 12.1 Å². The van der Waals surface area contributed by atoms with Crippen LogP contribution >= 0.6 is 0 Å². The number of urea groups is 1. The molecule has 0 aliphatic carbocycles. The number of carbonyl (C=O) groups is 2. The van der Waals surface area contributed by atoms with E-state index in [1.165, 1.54) is 30.5 Å². The lowest BCUT2D eigenvalue weighted by Crippen LogP contribution is -2.41. The molecule has 1 aromatic heterocycles. The molecule has 0 saturated carbocycles. The number of nitrogens with one attached hydrogen (secondary N) is 2. The van der Waals surface area contributed by atoms with Crippen LogP contribution in [0.1, 0.15) is 12.8 Å². The molecule has 3 amide bonds. The van der Waals surface area contributed by atoms with Crippen molar-refractivity contribution in [3.63, 3.8) is 0 Å². The molecule has 4 N–H and O–H groups in total. The van der Waals surface area contributed by atoms with Crippen molar-refractivity contribution >= 4 is 34.8 Å². The summed E-state index contributed by atoms with van der Waals surface area (Å²) in [5.41, 5.74) is 6.27. The normalized spacial score (nSPS) is 16.3. The maximum absolute atomic E-state index is 12.1. The molecule has 1 aliphatic heterocycles. The molecule has 146 valence electrons. The first-order valence-electron chi connectivity index (χ1n) is 8.75. The van der Waals surface area contributed by atoms with Gasteiger partial charge in [0.2, 0.25) is 5.91 Å². The summed E-state index contributed by atoms with van der Waals surface area (Å²) in [5.74, 6) is 0.235. The first-order chi connectivity index (χ1) is 13.4. The number of nitro groups is 1. The molecule has 10 nitrogen and oxygen atoms in total. The van der Waals surface area contributed by atoms with Gasteiger partial charge in [-0.1, -0.05) is 0 Å². The molecule has 0 radical (unpaired) electrons. The Hall–Kier alpha value is -3.69. The highest BCUT2D eigenvalue weighted by Gasteiger charge is 2.24. The first-order valence-corrected chi connectivity index (χ1v) is 8.75. The summed E-state index contributed by atoms with van der Waals surface area (Å²) in [5, 5.41) is 15.9. The molecule has 1 aromatic carbocycles. The largest absolute Gasteiger partial charge is 0.369 e. The average Bonchev–Trinajstić information content (AvgIpc) is 2.69. The smallest absolute Gasteiger partial charge is 0.323 e. The van der Waals surface area contributed by atoms with Crippen LogP contribution in [-0.2, 0) is 4.79 Å². The summed E-state index contributed by atoms with van der Waals surface area (Å²) < 4.78 is 0. The van der Waals surface area contributed by atoms with Gasteiger partial charge in [0.1, 0.15) is 5.82 Å². The molecule has 10 heteroatoms. The second kappa shape index (κ2) is 8.33. The molecule has 3 rings (SSSR count). The van der Waals surface area contributed by atoms with Crippen LogP contribution in [0, 0.1) is 16.0 Å². The third kappa shape index (κ3) is 4.72. The van der Waals surface area contributed by atoms with Crippen molar-refractivity contribution in [2.45, 2.75) is 12.8 Å².